The fourth-order valence-corrected chi connectivity index (χ4v) is 1.14. The van der Waals surface area contributed by atoms with Gasteiger partial charge in [0.05, 0.1) is 6.61 Å². The van der Waals surface area contributed by atoms with E-state index in [4.69, 9.17) is 22.1 Å². The molecule has 0 fully saturated rings. The van der Waals surface area contributed by atoms with E-state index in [1.807, 2.05) is 0 Å². The summed E-state index contributed by atoms with van der Waals surface area (Å²) in [5, 5.41) is 3.86. The van der Waals surface area contributed by atoms with E-state index in [1.54, 1.807) is 7.11 Å². The minimum Gasteiger partial charge on any atom is -0.383 e. The SMILES string of the molecule is C=C(Cl)CNC(CCCN)COC. The third kappa shape index (κ3) is 8.25. The number of hydrogen-bond acceptors (Lipinski definition) is 3. The molecule has 1 atom stereocenters. The van der Waals surface area contributed by atoms with Crippen LogP contribution in [-0.2, 0) is 4.74 Å². The largest absolute Gasteiger partial charge is 0.383 e. The smallest absolute Gasteiger partial charge is 0.0615 e. The van der Waals surface area contributed by atoms with Crippen molar-refractivity contribution in [3.05, 3.63) is 11.6 Å². The van der Waals surface area contributed by atoms with E-state index in [0.717, 1.165) is 12.8 Å². The molecule has 0 aromatic heterocycles. The van der Waals surface area contributed by atoms with E-state index in [1.165, 1.54) is 0 Å². The zero-order valence-electron chi connectivity index (χ0n) is 8.18. The van der Waals surface area contributed by atoms with Crippen molar-refractivity contribution in [2.75, 3.05) is 26.8 Å². The zero-order chi connectivity index (χ0) is 10.1. The van der Waals surface area contributed by atoms with Crippen molar-refractivity contribution in [3.63, 3.8) is 0 Å². The van der Waals surface area contributed by atoms with Gasteiger partial charge in [-0.15, -0.1) is 0 Å². The van der Waals surface area contributed by atoms with Crippen molar-refractivity contribution in [2.45, 2.75) is 18.9 Å². The Kier molecular flexibility index (Phi) is 8.45. The third-order valence-corrected chi connectivity index (χ3v) is 1.84. The molecule has 0 bridgehead atoms. The second-order valence-electron chi connectivity index (χ2n) is 2.98. The molecule has 4 heteroatoms. The summed E-state index contributed by atoms with van der Waals surface area (Å²) in [7, 11) is 1.69. The van der Waals surface area contributed by atoms with Crippen LogP contribution in [0.25, 0.3) is 0 Å². The molecule has 0 radical (unpaired) electrons. The molecule has 0 spiro atoms. The van der Waals surface area contributed by atoms with Gasteiger partial charge >= 0.3 is 0 Å². The van der Waals surface area contributed by atoms with Gasteiger partial charge in [-0.1, -0.05) is 18.2 Å². The summed E-state index contributed by atoms with van der Waals surface area (Å²) in [5.74, 6) is 0. The molecule has 1 unspecified atom stereocenters. The number of hydrogen-bond donors (Lipinski definition) is 2. The van der Waals surface area contributed by atoms with Gasteiger partial charge in [-0.2, -0.15) is 0 Å². The molecule has 3 nitrogen and oxygen atoms in total. The number of nitrogens with two attached hydrogens (primary N) is 1. The van der Waals surface area contributed by atoms with Gasteiger partial charge in [-0.3, -0.25) is 0 Å². The van der Waals surface area contributed by atoms with E-state index in [9.17, 15) is 0 Å². The van der Waals surface area contributed by atoms with Crippen molar-refractivity contribution in [2.24, 2.45) is 5.73 Å². The van der Waals surface area contributed by atoms with Crippen molar-refractivity contribution in [1.82, 2.24) is 5.32 Å². The average Bonchev–Trinajstić information content (AvgIpc) is 2.09. The Hall–Kier alpha value is -0.0900. The van der Waals surface area contributed by atoms with Crippen LogP contribution in [0.5, 0.6) is 0 Å². The first-order chi connectivity index (χ1) is 6.20. The van der Waals surface area contributed by atoms with Gasteiger partial charge in [0.15, 0.2) is 0 Å². The number of halogens is 1. The number of nitrogens with one attached hydrogen (secondary N) is 1. The van der Waals surface area contributed by atoms with Crippen LogP contribution in [0.4, 0.5) is 0 Å². The molecule has 0 heterocycles. The molecule has 0 aliphatic heterocycles. The van der Waals surface area contributed by atoms with Gasteiger partial charge in [-0.25, -0.2) is 0 Å². The molecule has 0 aromatic carbocycles. The molecule has 0 aromatic rings. The zero-order valence-corrected chi connectivity index (χ0v) is 8.94. The monoisotopic (exact) mass is 206 g/mol. The summed E-state index contributed by atoms with van der Waals surface area (Å²) in [6.07, 6.45) is 2.00. The Morgan fingerprint density at radius 3 is 2.85 bits per heavy atom. The van der Waals surface area contributed by atoms with E-state index in [0.29, 0.717) is 30.8 Å². The fourth-order valence-electron chi connectivity index (χ4n) is 1.06. The predicted molar refractivity (Wildman–Crippen MR) is 56.9 cm³/mol. The summed E-state index contributed by atoms with van der Waals surface area (Å²) in [5.41, 5.74) is 5.42. The summed E-state index contributed by atoms with van der Waals surface area (Å²) in [6, 6.07) is 0.323. The van der Waals surface area contributed by atoms with Crippen LogP contribution in [0.3, 0.4) is 0 Å². The summed E-state index contributed by atoms with van der Waals surface area (Å²) >= 11 is 5.63. The Morgan fingerprint density at radius 2 is 2.38 bits per heavy atom. The second-order valence-corrected chi connectivity index (χ2v) is 3.52. The quantitative estimate of drug-likeness (QED) is 0.625. The van der Waals surface area contributed by atoms with Crippen LogP contribution in [0.15, 0.2) is 11.6 Å². The van der Waals surface area contributed by atoms with Crippen LogP contribution in [0.1, 0.15) is 12.8 Å². The van der Waals surface area contributed by atoms with Gasteiger partial charge in [0.25, 0.3) is 0 Å². The predicted octanol–water partition coefficient (Wildman–Crippen LogP) is 1.08. The van der Waals surface area contributed by atoms with E-state index in [2.05, 4.69) is 11.9 Å². The molecule has 0 aliphatic carbocycles. The maximum atomic E-state index is 5.63. The van der Waals surface area contributed by atoms with Gasteiger partial charge in [-0.05, 0) is 19.4 Å². The summed E-state index contributed by atoms with van der Waals surface area (Å²) < 4.78 is 5.06. The first-order valence-electron chi connectivity index (χ1n) is 4.46. The topological polar surface area (TPSA) is 47.3 Å². The molecule has 0 amide bonds. The van der Waals surface area contributed by atoms with Gasteiger partial charge in [0, 0.05) is 24.7 Å². The van der Waals surface area contributed by atoms with Crippen molar-refractivity contribution >= 4 is 11.6 Å². The molecular formula is C9H19ClN2O. The highest BCUT2D eigenvalue weighted by Gasteiger charge is 2.06. The number of rotatable bonds is 8. The van der Waals surface area contributed by atoms with Gasteiger partial charge in [0.1, 0.15) is 0 Å². The number of methoxy groups -OCH3 is 1. The molecule has 13 heavy (non-hydrogen) atoms. The molecule has 0 saturated heterocycles. The molecule has 3 N–H and O–H groups in total. The lowest BCUT2D eigenvalue weighted by atomic mass is 10.1. The average molecular weight is 207 g/mol. The van der Waals surface area contributed by atoms with Crippen molar-refractivity contribution in [1.29, 1.82) is 0 Å². The van der Waals surface area contributed by atoms with Gasteiger partial charge in [0.2, 0.25) is 0 Å². The van der Waals surface area contributed by atoms with Crippen molar-refractivity contribution in [3.8, 4) is 0 Å². The molecule has 0 saturated carbocycles. The van der Waals surface area contributed by atoms with E-state index < -0.39 is 0 Å². The van der Waals surface area contributed by atoms with E-state index in [-0.39, 0.29) is 0 Å². The van der Waals surface area contributed by atoms with Crippen LogP contribution in [0, 0.1) is 0 Å². The lowest BCUT2D eigenvalue weighted by Gasteiger charge is -2.16. The van der Waals surface area contributed by atoms with Crippen LogP contribution < -0.4 is 11.1 Å². The minimum absolute atomic E-state index is 0.323. The summed E-state index contributed by atoms with van der Waals surface area (Å²) in [4.78, 5) is 0. The number of ether oxygens (including phenoxy) is 1. The van der Waals surface area contributed by atoms with Crippen LogP contribution in [-0.4, -0.2) is 32.8 Å². The first-order valence-corrected chi connectivity index (χ1v) is 4.84. The Bertz CT molecular complexity index is 142. The highest BCUT2D eigenvalue weighted by atomic mass is 35.5. The van der Waals surface area contributed by atoms with Crippen LogP contribution in [0.2, 0.25) is 0 Å². The molecule has 78 valence electrons. The maximum Gasteiger partial charge on any atom is 0.0615 e. The normalized spacial score (nSPS) is 12.8. The Morgan fingerprint density at radius 1 is 1.69 bits per heavy atom. The standard InChI is InChI=1S/C9H19ClN2O/c1-8(10)6-12-9(7-13-2)4-3-5-11/h9,12H,1,3-7,11H2,2H3. The minimum atomic E-state index is 0.323. The maximum absolute atomic E-state index is 5.63. The third-order valence-electron chi connectivity index (χ3n) is 1.71. The Labute approximate surface area is 85.3 Å². The lowest BCUT2D eigenvalue weighted by molar-refractivity contribution is 0.163. The Balaban J connectivity index is 3.59. The van der Waals surface area contributed by atoms with Gasteiger partial charge < -0.3 is 15.8 Å². The lowest BCUT2D eigenvalue weighted by Crippen LogP contribution is -2.34. The van der Waals surface area contributed by atoms with E-state index >= 15 is 0 Å². The molecular weight excluding hydrogens is 188 g/mol. The second kappa shape index (κ2) is 8.51. The van der Waals surface area contributed by atoms with Crippen LogP contribution >= 0.6 is 11.6 Å². The summed E-state index contributed by atoms with van der Waals surface area (Å²) in [6.45, 7) is 5.63. The molecule has 0 aliphatic rings. The fraction of sp³-hybridized carbons (Fsp3) is 0.778. The highest BCUT2D eigenvalue weighted by molar-refractivity contribution is 6.29. The van der Waals surface area contributed by atoms with Crippen molar-refractivity contribution < 1.29 is 4.74 Å². The highest BCUT2D eigenvalue weighted by Crippen LogP contribution is 1.99. The first kappa shape index (κ1) is 12.9. The molecule has 0 rings (SSSR count).